The molecule has 0 saturated carbocycles. The minimum atomic E-state index is -0.478. The molecule has 1 aliphatic heterocycles. The quantitative estimate of drug-likeness (QED) is 0.640. The van der Waals surface area contributed by atoms with Crippen LogP contribution >= 0.6 is 23.4 Å². The van der Waals surface area contributed by atoms with Gasteiger partial charge in [0.25, 0.3) is 0 Å². The Morgan fingerprint density at radius 2 is 1.97 bits per heavy atom. The fourth-order valence-corrected chi connectivity index (χ4v) is 4.33. The third kappa shape index (κ3) is 5.40. The monoisotopic (exact) mass is 429 g/mol. The van der Waals surface area contributed by atoms with Crippen molar-refractivity contribution in [3.05, 3.63) is 59.1 Å². The molecule has 29 heavy (non-hydrogen) atoms. The van der Waals surface area contributed by atoms with Crippen LogP contribution in [0.5, 0.6) is 0 Å². The smallest absolute Gasteiger partial charge is 0.242 e. The highest BCUT2D eigenvalue weighted by Gasteiger charge is 2.38. The number of thioether (sulfide) groups is 1. The summed E-state index contributed by atoms with van der Waals surface area (Å²) in [5.74, 6) is -0.270. The summed E-state index contributed by atoms with van der Waals surface area (Å²) in [5, 5.41) is 3.65. The first kappa shape index (κ1) is 21.4. The fourth-order valence-electron chi connectivity index (χ4n) is 2.97. The highest BCUT2D eigenvalue weighted by Crippen LogP contribution is 2.32. The number of unbranched alkanes of at least 4 members (excludes halogenated alkanes) is 1. The van der Waals surface area contributed by atoms with Gasteiger partial charge in [0.2, 0.25) is 11.8 Å². The van der Waals surface area contributed by atoms with Crippen molar-refractivity contribution in [3.63, 3.8) is 0 Å². The summed E-state index contributed by atoms with van der Waals surface area (Å²) in [6.45, 7) is 4.55. The van der Waals surface area contributed by atoms with Gasteiger partial charge in [0.15, 0.2) is 5.17 Å². The second-order valence-corrected chi connectivity index (χ2v) is 8.42. The minimum Gasteiger partial charge on any atom is -0.326 e. The van der Waals surface area contributed by atoms with Crippen molar-refractivity contribution in [2.45, 2.75) is 38.4 Å². The van der Waals surface area contributed by atoms with E-state index in [0.29, 0.717) is 22.4 Å². The number of aliphatic imine (C=N–C) groups is 1. The van der Waals surface area contributed by atoms with Crippen LogP contribution in [0.2, 0.25) is 5.02 Å². The van der Waals surface area contributed by atoms with E-state index in [4.69, 9.17) is 11.6 Å². The Kier molecular flexibility index (Phi) is 7.34. The van der Waals surface area contributed by atoms with Crippen molar-refractivity contribution < 1.29 is 9.59 Å². The maximum absolute atomic E-state index is 12.9. The topological polar surface area (TPSA) is 61.8 Å². The first-order valence-electron chi connectivity index (χ1n) is 9.66. The van der Waals surface area contributed by atoms with E-state index in [1.54, 1.807) is 23.1 Å². The van der Waals surface area contributed by atoms with Gasteiger partial charge in [-0.1, -0.05) is 61.0 Å². The predicted octanol–water partition coefficient (Wildman–Crippen LogP) is 5.41. The molecule has 0 bridgehead atoms. The van der Waals surface area contributed by atoms with Crippen LogP contribution < -0.4 is 5.32 Å². The minimum absolute atomic E-state index is 0.0592. The molecule has 1 atom stereocenters. The van der Waals surface area contributed by atoms with Gasteiger partial charge >= 0.3 is 0 Å². The fraction of sp³-hybridized carbons (Fsp3) is 0.318. The molecule has 1 N–H and O–H groups in total. The van der Waals surface area contributed by atoms with Gasteiger partial charge in [-0.2, -0.15) is 0 Å². The molecule has 0 spiro atoms. The average molecular weight is 430 g/mol. The molecule has 1 fully saturated rings. The average Bonchev–Trinajstić information content (AvgIpc) is 2.99. The Hall–Kier alpha value is -2.31. The SMILES string of the molecule is CCCCN1C(=O)C(CC(=O)Nc2cccc(Cl)c2C)SC1=Nc1ccccc1. The number of hydrogen-bond donors (Lipinski definition) is 1. The van der Waals surface area contributed by atoms with Crippen molar-refractivity contribution >= 4 is 51.7 Å². The van der Waals surface area contributed by atoms with Gasteiger partial charge < -0.3 is 5.32 Å². The summed E-state index contributed by atoms with van der Waals surface area (Å²) in [6, 6.07) is 14.9. The van der Waals surface area contributed by atoms with Crippen LogP contribution in [0.15, 0.2) is 53.5 Å². The van der Waals surface area contributed by atoms with E-state index < -0.39 is 5.25 Å². The molecule has 2 aromatic carbocycles. The molecule has 152 valence electrons. The lowest BCUT2D eigenvalue weighted by molar-refractivity contribution is -0.128. The number of benzene rings is 2. The molecule has 5 nitrogen and oxygen atoms in total. The highest BCUT2D eigenvalue weighted by atomic mass is 35.5. The number of nitrogens with zero attached hydrogens (tertiary/aromatic N) is 2. The lowest BCUT2D eigenvalue weighted by Crippen LogP contribution is -2.34. The number of carbonyl (C=O) groups excluding carboxylic acids is 2. The number of halogens is 1. The molecule has 1 unspecified atom stereocenters. The van der Waals surface area contributed by atoms with E-state index in [9.17, 15) is 9.59 Å². The summed E-state index contributed by atoms with van der Waals surface area (Å²) >= 11 is 7.48. The van der Waals surface area contributed by atoms with Crippen LogP contribution in [0.25, 0.3) is 0 Å². The van der Waals surface area contributed by atoms with Gasteiger partial charge in [-0.25, -0.2) is 4.99 Å². The molecule has 1 saturated heterocycles. The Balaban J connectivity index is 1.73. The molecule has 1 heterocycles. The number of hydrogen-bond acceptors (Lipinski definition) is 4. The van der Waals surface area contributed by atoms with Crippen molar-refractivity contribution in [2.24, 2.45) is 4.99 Å². The van der Waals surface area contributed by atoms with Crippen molar-refractivity contribution in [1.29, 1.82) is 0 Å². The molecule has 0 aliphatic carbocycles. The maximum atomic E-state index is 12.9. The Bertz CT molecular complexity index is 918. The first-order valence-corrected chi connectivity index (χ1v) is 10.9. The number of para-hydroxylation sites is 1. The Labute approximate surface area is 180 Å². The van der Waals surface area contributed by atoms with E-state index in [1.165, 1.54) is 11.8 Å². The molecule has 2 aromatic rings. The molecule has 3 rings (SSSR count). The van der Waals surface area contributed by atoms with E-state index >= 15 is 0 Å². The molecular formula is C22H24ClN3O2S. The second-order valence-electron chi connectivity index (χ2n) is 6.84. The third-order valence-electron chi connectivity index (χ3n) is 4.65. The summed E-state index contributed by atoms with van der Waals surface area (Å²) in [5.41, 5.74) is 2.27. The van der Waals surface area contributed by atoms with Crippen LogP contribution in [0.1, 0.15) is 31.7 Å². The zero-order valence-corrected chi connectivity index (χ0v) is 18.1. The number of anilines is 1. The highest BCUT2D eigenvalue weighted by molar-refractivity contribution is 8.15. The summed E-state index contributed by atoms with van der Waals surface area (Å²) < 4.78 is 0. The van der Waals surface area contributed by atoms with E-state index in [2.05, 4.69) is 17.2 Å². The van der Waals surface area contributed by atoms with E-state index in [0.717, 1.165) is 24.1 Å². The van der Waals surface area contributed by atoms with Gasteiger partial charge in [0.05, 0.1) is 5.69 Å². The van der Waals surface area contributed by atoms with Crippen LogP contribution in [0, 0.1) is 6.92 Å². The largest absolute Gasteiger partial charge is 0.326 e. The van der Waals surface area contributed by atoms with Crippen LogP contribution in [0.4, 0.5) is 11.4 Å². The lowest BCUT2D eigenvalue weighted by Gasteiger charge is -2.16. The molecule has 2 amide bonds. The number of amides is 2. The summed E-state index contributed by atoms with van der Waals surface area (Å²) in [4.78, 5) is 31.9. The molecular weight excluding hydrogens is 406 g/mol. The lowest BCUT2D eigenvalue weighted by atomic mass is 10.2. The molecule has 0 radical (unpaired) electrons. The third-order valence-corrected chi connectivity index (χ3v) is 6.23. The Morgan fingerprint density at radius 1 is 1.21 bits per heavy atom. The van der Waals surface area contributed by atoms with Crippen molar-refractivity contribution in [2.75, 3.05) is 11.9 Å². The van der Waals surface area contributed by atoms with Crippen LogP contribution in [0.3, 0.4) is 0 Å². The molecule has 7 heteroatoms. The van der Waals surface area contributed by atoms with Gasteiger partial charge in [0, 0.05) is 23.7 Å². The number of carbonyl (C=O) groups is 2. The predicted molar refractivity (Wildman–Crippen MR) is 121 cm³/mol. The number of amidine groups is 1. The van der Waals surface area contributed by atoms with Gasteiger partial charge in [0.1, 0.15) is 5.25 Å². The normalized spacial score (nSPS) is 17.8. The van der Waals surface area contributed by atoms with Gasteiger partial charge in [-0.15, -0.1) is 0 Å². The van der Waals surface area contributed by atoms with Crippen molar-refractivity contribution in [3.8, 4) is 0 Å². The van der Waals surface area contributed by atoms with Crippen LogP contribution in [-0.4, -0.2) is 33.7 Å². The Morgan fingerprint density at radius 3 is 2.69 bits per heavy atom. The van der Waals surface area contributed by atoms with Gasteiger partial charge in [-0.3, -0.25) is 14.5 Å². The summed E-state index contributed by atoms with van der Waals surface area (Å²) in [6.07, 6.45) is 1.96. The first-order chi connectivity index (χ1) is 14.0. The zero-order chi connectivity index (χ0) is 20.8. The van der Waals surface area contributed by atoms with Crippen LogP contribution in [-0.2, 0) is 9.59 Å². The van der Waals surface area contributed by atoms with Crippen molar-refractivity contribution in [1.82, 2.24) is 4.90 Å². The second kappa shape index (κ2) is 9.94. The summed E-state index contributed by atoms with van der Waals surface area (Å²) in [7, 11) is 0. The standard InChI is InChI=1S/C22H24ClN3O2S/c1-3-4-13-26-21(28)19(29-22(26)24-16-9-6-5-7-10-16)14-20(27)25-18-12-8-11-17(23)15(18)2/h5-12,19H,3-4,13-14H2,1-2H3,(H,25,27). The molecule has 0 aromatic heterocycles. The van der Waals surface area contributed by atoms with E-state index in [1.807, 2.05) is 37.3 Å². The molecule has 1 aliphatic rings. The maximum Gasteiger partial charge on any atom is 0.242 e. The van der Waals surface area contributed by atoms with E-state index in [-0.39, 0.29) is 18.2 Å². The van der Waals surface area contributed by atoms with Gasteiger partial charge in [-0.05, 0) is 43.2 Å². The zero-order valence-electron chi connectivity index (χ0n) is 16.5. The number of nitrogens with one attached hydrogen (secondary N) is 1. The number of rotatable bonds is 7.